The second-order valence-electron chi connectivity index (χ2n) is 12.3. The summed E-state index contributed by atoms with van der Waals surface area (Å²) in [6, 6.07) is 7.48. The van der Waals surface area contributed by atoms with E-state index in [1.807, 2.05) is 18.2 Å². The number of nitrogens with zero attached hydrogens (tertiary/aromatic N) is 5. The van der Waals surface area contributed by atoms with Gasteiger partial charge in [-0.15, -0.1) is 6.58 Å². The third-order valence-electron chi connectivity index (χ3n) is 9.07. The van der Waals surface area contributed by atoms with Crippen LogP contribution >= 0.6 is 11.6 Å². The van der Waals surface area contributed by atoms with Crippen molar-refractivity contribution >= 4 is 55.9 Å². The van der Waals surface area contributed by atoms with Crippen molar-refractivity contribution in [1.29, 1.82) is 0 Å². The molecule has 4 heterocycles. The van der Waals surface area contributed by atoms with Gasteiger partial charge in [0.1, 0.15) is 5.82 Å². The van der Waals surface area contributed by atoms with E-state index in [1.165, 1.54) is 3.97 Å². The highest BCUT2D eigenvalue weighted by molar-refractivity contribution is 7.91. The number of carbonyl (C=O) groups is 2. The molecule has 0 spiro atoms. The molecular weight excluding hydrogens is 612 g/mol. The van der Waals surface area contributed by atoms with Gasteiger partial charge in [-0.3, -0.25) is 9.59 Å². The molecule has 1 atom stereocenters. The summed E-state index contributed by atoms with van der Waals surface area (Å²) < 4.78 is 28.6. The Kier molecular flexibility index (Phi) is 8.21. The lowest BCUT2D eigenvalue weighted by Crippen LogP contribution is -2.44. The molecule has 3 aliphatic rings. The van der Waals surface area contributed by atoms with Gasteiger partial charge in [0.25, 0.3) is 11.8 Å². The van der Waals surface area contributed by atoms with Gasteiger partial charge in [-0.25, -0.2) is 22.4 Å². The van der Waals surface area contributed by atoms with Crippen molar-refractivity contribution < 1.29 is 18.0 Å². The Morgan fingerprint density at radius 2 is 1.89 bits per heavy atom. The highest BCUT2D eigenvalue weighted by atomic mass is 35.5. The van der Waals surface area contributed by atoms with Crippen LogP contribution in [0.2, 0.25) is 0 Å². The molecule has 0 bridgehead atoms. The third-order valence-corrected chi connectivity index (χ3v) is 11.9. The number of aliphatic imine (C=N–C) groups is 1. The average molecular weight is 649 g/mol. The van der Waals surface area contributed by atoms with E-state index in [4.69, 9.17) is 16.6 Å². The van der Waals surface area contributed by atoms with Crippen molar-refractivity contribution in [2.45, 2.75) is 37.9 Å². The summed E-state index contributed by atoms with van der Waals surface area (Å²) in [5, 5.41) is 3.69. The minimum Gasteiger partial charge on any atom is -0.354 e. The first kappa shape index (κ1) is 31.2. The highest BCUT2D eigenvalue weighted by Crippen LogP contribution is 2.49. The zero-order valence-corrected chi connectivity index (χ0v) is 27.3. The summed E-state index contributed by atoms with van der Waals surface area (Å²) in [5.74, 6) is -0.786. The van der Waals surface area contributed by atoms with E-state index < -0.39 is 32.5 Å². The van der Waals surface area contributed by atoms with E-state index in [-0.39, 0.29) is 6.54 Å². The molecule has 2 fully saturated rings. The first-order chi connectivity index (χ1) is 21.4. The molecule has 236 valence electrons. The molecule has 1 aliphatic carbocycles. The average Bonchev–Trinajstić information content (AvgIpc) is 3.73. The predicted molar refractivity (Wildman–Crippen MR) is 179 cm³/mol. The van der Waals surface area contributed by atoms with E-state index in [0.717, 1.165) is 37.6 Å². The fourth-order valence-electron chi connectivity index (χ4n) is 6.20. The molecule has 1 saturated carbocycles. The Balaban J connectivity index is 1.41. The van der Waals surface area contributed by atoms with Gasteiger partial charge < -0.3 is 15.1 Å². The number of rotatable bonds is 9. The van der Waals surface area contributed by atoms with Gasteiger partial charge >= 0.3 is 0 Å². The van der Waals surface area contributed by atoms with Crippen LogP contribution in [0.4, 0.5) is 5.82 Å². The van der Waals surface area contributed by atoms with Crippen LogP contribution in [-0.4, -0.2) is 84.3 Å². The lowest BCUT2D eigenvalue weighted by atomic mass is 9.98. The quantitative estimate of drug-likeness (QED) is 0.339. The molecule has 6 rings (SSSR count). The van der Waals surface area contributed by atoms with Crippen LogP contribution in [0, 0.1) is 12.8 Å². The number of allylic oxidation sites excluding steroid dienone is 2. The molecule has 10 nitrogen and oxygen atoms in total. The zero-order valence-electron chi connectivity index (χ0n) is 25.7. The SMILES string of the molecule is C=CCC1(S(=O)(=O)n2cc(C)c3c(C(=O)NCC4C(=O)N=C(C)C=C4Cl)cc(-c4ccc(N5CCN(C)CC5)nc4)cc32)CC1. The molecule has 12 heteroatoms. The second kappa shape index (κ2) is 11.9. The maximum absolute atomic E-state index is 14.1. The predicted octanol–water partition coefficient (Wildman–Crippen LogP) is 4.52. The minimum absolute atomic E-state index is 0.0444. The summed E-state index contributed by atoms with van der Waals surface area (Å²) in [5.41, 5.74) is 3.28. The van der Waals surface area contributed by atoms with Crippen LogP contribution in [-0.2, 0) is 14.8 Å². The molecule has 0 radical (unpaired) electrons. The Hall–Kier alpha value is -3.80. The fraction of sp³-hybridized carbons (Fsp3) is 0.394. The van der Waals surface area contributed by atoms with Gasteiger partial charge in [-0.05, 0) is 81.6 Å². The molecule has 1 N–H and O–H groups in total. The minimum atomic E-state index is -3.81. The Morgan fingerprint density at radius 1 is 1.16 bits per heavy atom. The largest absolute Gasteiger partial charge is 0.354 e. The number of aryl methyl sites for hydroxylation is 1. The molecule has 2 aliphatic heterocycles. The fourth-order valence-corrected chi connectivity index (χ4v) is 8.60. The van der Waals surface area contributed by atoms with Gasteiger partial charge in [0.15, 0.2) is 0 Å². The molecule has 1 aromatic carbocycles. The Bertz CT molecular complexity index is 1870. The standard InChI is InChI=1S/C33H37ClN6O4S/c1-5-8-33(9-10-33)45(43,44)40-20-21(2)30-25(31(41)36-19-26-27(34)15-22(3)37-32(26)42)16-24(17-28(30)40)23-6-7-29(35-18-23)39-13-11-38(4)12-14-39/h5-7,15-18,20,26H,1,8-14,19H2,2-4H3,(H,36,41). The van der Waals surface area contributed by atoms with Crippen molar-refractivity contribution in [2.75, 3.05) is 44.7 Å². The summed E-state index contributed by atoms with van der Waals surface area (Å²) in [6.07, 6.45) is 8.08. The molecule has 1 saturated heterocycles. The monoisotopic (exact) mass is 648 g/mol. The number of likely N-dealkylation sites (N-methyl/N-ethyl adjacent to an activating group) is 1. The zero-order chi connectivity index (χ0) is 32.1. The van der Waals surface area contributed by atoms with Crippen LogP contribution in [0.15, 0.2) is 65.4 Å². The number of hydrogen-bond acceptors (Lipinski definition) is 7. The number of nitrogens with one attached hydrogen (secondary N) is 1. The molecule has 3 aromatic rings. The number of anilines is 1. The maximum atomic E-state index is 14.1. The van der Waals surface area contributed by atoms with Gasteiger partial charge in [-0.1, -0.05) is 17.7 Å². The number of pyridine rings is 1. The summed E-state index contributed by atoms with van der Waals surface area (Å²) >= 11 is 6.35. The molecule has 1 unspecified atom stereocenters. The number of piperazine rings is 1. The van der Waals surface area contributed by atoms with Crippen LogP contribution in [0.3, 0.4) is 0 Å². The lowest BCUT2D eigenvalue weighted by molar-refractivity contribution is -0.120. The van der Waals surface area contributed by atoms with Crippen LogP contribution in [0.25, 0.3) is 22.0 Å². The summed E-state index contributed by atoms with van der Waals surface area (Å²) in [6.45, 7) is 10.9. The number of hydrogen-bond donors (Lipinski definition) is 1. The Labute approximate surface area is 268 Å². The van der Waals surface area contributed by atoms with E-state index >= 15 is 0 Å². The number of aromatic nitrogens is 2. The summed E-state index contributed by atoms with van der Waals surface area (Å²) in [4.78, 5) is 39.6. The number of amides is 2. The van der Waals surface area contributed by atoms with Crippen LogP contribution < -0.4 is 10.2 Å². The highest BCUT2D eigenvalue weighted by Gasteiger charge is 2.54. The molecule has 2 amide bonds. The lowest BCUT2D eigenvalue weighted by Gasteiger charge is -2.33. The van der Waals surface area contributed by atoms with Crippen molar-refractivity contribution in [2.24, 2.45) is 10.9 Å². The Morgan fingerprint density at radius 3 is 2.51 bits per heavy atom. The van der Waals surface area contributed by atoms with Crippen molar-refractivity contribution in [3.05, 3.63) is 71.5 Å². The second-order valence-corrected chi connectivity index (χ2v) is 14.9. The van der Waals surface area contributed by atoms with Gasteiger partial charge in [0.05, 0.1) is 16.2 Å². The van der Waals surface area contributed by atoms with E-state index in [0.29, 0.717) is 57.6 Å². The van der Waals surface area contributed by atoms with Crippen molar-refractivity contribution in [1.82, 2.24) is 19.2 Å². The van der Waals surface area contributed by atoms with Gasteiger partial charge in [0.2, 0.25) is 10.0 Å². The van der Waals surface area contributed by atoms with Crippen molar-refractivity contribution in [3.8, 4) is 11.1 Å². The normalized spacial score (nSPS) is 20.1. The number of fused-ring (bicyclic) bond motifs is 1. The van der Waals surface area contributed by atoms with E-state index in [9.17, 15) is 18.0 Å². The first-order valence-corrected chi connectivity index (χ1v) is 16.9. The summed E-state index contributed by atoms with van der Waals surface area (Å²) in [7, 11) is -1.71. The number of benzene rings is 1. The number of dihydropyridines is 1. The van der Waals surface area contributed by atoms with Crippen molar-refractivity contribution in [3.63, 3.8) is 0 Å². The molecule has 45 heavy (non-hydrogen) atoms. The van der Waals surface area contributed by atoms with E-state index in [2.05, 4.69) is 33.7 Å². The van der Waals surface area contributed by atoms with Crippen LogP contribution in [0.1, 0.15) is 42.1 Å². The van der Waals surface area contributed by atoms with E-state index in [1.54, 1.807) is 44.5 Å². The smallest absolute Gasteiger partial charge is 0.256 e. The number of carbonyl (C=O) groups excluding carboxylic acids is 2. The first-order valence-electron chi connectivity index (χ1n) is 15.1. The third kappa shape index (κ3) is 5.73. The number of halogens is 1. The molecule has 2 aromatic heterocycles. The van der Waals surface area contributed by atoms with Gasteiger partial charge in [0, 0.05) is 72.4 Å². The maximum Gasteiger partial charge on any atom is 0.256 e. The van der Waals surface area contributed by atoms with Gasteiger partial charge in [-0.2, -0.15) is 0 Å². The van der Waals surface area contributed by atoms with Crippen LogP contribution in [0.5, 0.6) is 0 Å². The topological polar surface area (TPSA) is 117 Å². The molecular formula is C33H37ClN6O4S.